The van der Waals surface area contributed by atoms with Crippen molar-refractivity contribution < 1.29 is 27.1 Å². The monoisotopic (exact) mass is 1280 g/mol. The van der Waals surface area contributed by atoms with Crippen LogP contribution in [0.5, 0.6) is 5.75 Å². The molecule has 0 unspecified atom stereocenters. The molecule has 0 aliphatic carbocycles. The highest BCUT2D eigenvalue weighted by Gasteiger charge is 2.15. The number of rotatable bonds is 76. The third-order valence-electron chi connectivity index (χ3n) is 17.9. The average Bonchev–Trinajstić information content (AvgIpc) is 3.56. The van der Waals surface area contributed by atoms with E-state index in [1.165, 1.54) is 379 Å². The van der Waals surface area contributed by atoms with Gasteiger partial charge in [0.2, 0.25) is 0 Å². The Morgan fingerprint density at radius 3 is 0.500 bits per heavy atom. The van der Waals surface area contributed by atoms with E-state index >= 15 is 0 Å². The topological polar surface area (TPSA) is 55.4 Å². The van der Waals surface area contributed by atoms with E-state index in [0.717, 1.165) is 70.9 Å². The van der Waals surface area contributed by atoms with Crippen LogP contribution >= 0.6 is 17.2 Å². The summed E-state index contributed by atoms with van der Waals surface area (Å²) >= 11 is 0. The van der Waals surface area contributed by atoms with Gasteiger partial charge in [-0.15, -0.1) is 0 Å². The number of unbranched alkanes of at least 4 members (excludes halogenated alkanes) is 59. The first-order chi connectivity index (χ1) is 43.7. The Hall–Kier alpha value is -0.320. The van der Waals surface area contributed by atoms with E-state index in [1.807, 2.05) is 30.3 Å². The molecule has 0 N–H and O–H groups in total. The highest BCUT2D eigenvalue weighted by molar-refractivity contribution is 7.42. The van der Waals surface area contributed by atoms with Crippen molar-refractivity contribution in [2.24, 2.45) is 0 Å². The third-order valence-corrected chi connectivity index (χ3v) is 20.2. The molecule has 0 amide bonds. The van der Waals surface area contributed by atoms with Crippen LogP contribution in [0.3, 0.4) is 0 Å². The van der Waals surface area contributed by atoms with Gasteiger partial charge in [-0.2, -0.15) is 0 Å². The van der Waals surface area contributed by atoms with Gasteiger partial charge in [0.1, 0.15) is 5.75 Å². The maximum atomic E-state index is 6.24. The molecule has 0 spiro atoms. The van der Waals surface area contributed by atoms with Crippen molar-refractivity contribution in [1.29, 1.82) is 0 Å². The second kappa shape index (κ2) is 80.9. The molecular weight excluding hydrogens is 1120 g/mol. The molecule has 88 heavy (non-hydrogen) atoms. The fourth-order valence-electron chi connectivity index (χ4n) is 11.9. The lowest BCUT2D eigenvalue weighted by Gasteiger charge is -2.17. The number of hydrogen-bond acceptors (Lipinski definition) is 6. The third kappa shape index (κ3) is 74.7. The Balaban J connectivity index is 0.00000210. The molecule has 8 heteroatoms. The van der Waals surface area contributed by atoms with E-state index in [0.29, 0.717) is 0 Å². The van der Waals surface area contributed by atoms with Gasteiger partial charge in [-0.25, -0.2) is 0 Å². The van der Waals surface area contributed by atoms with Gasteiger partial charge in [0.15, 0.2) is 0 Å². The van der Waals surface area contributed by atoms with E-state index in [4.69, 9.17) is 27.1 Å². The lowest BCUT2D eigenvalue weighted by molar-refractivity contribution is 0.153. The molecule has 0 saturated carbocycles. The lowest BCUT2D eigenvalue weighted by Crippen LogP contribution is -2.01. The second-order valence-electron chi connectivity index (χ2n) is 26.9. The number of para-hydroxylation sites is 1. The Labute approximate surface area is 556 Å². The van der Waals surface area contributed by atoms with Crippen LogP contribution in [0.25, 0.3) is 0 Å². The summed E-state index contributed by atoms with van der Waals surface area (Å²) in [6.45, 7) is 15.3. The van der Waals surface area contributed by atoms with Gasteiger partial charge in [0, 0.05) is 0 Å². The van der Waals surface area contributed by atoms with Crippen LogP contribution in [-0.2, 0) is 22.6 Å². The molecule has 0 radical (unpaired) electrons. The molecule has 1 aromatic carbocycles. The first kappa shape index (κ1) is 87.7. The maximum absolute atomic E-state index is 6.24. The van der Waals surface area contributed by atoms with Crippen LogP contribution in [0.2, 0.25) is 0 Å². The molecule has 0 bridgehead atoms. The Morgan fingerprint density at radius 2 is 0.330 bits per heavy atom. The van der Waals surface area contributed by atoms with E-state index in [-0.39, 0.29) is 0 Å². The zero-order chi connectivity index (χ0) is 63.3. The highest BCUT2D eigenvalue weighted by Crippen LogP contribution is 2.42. The van der Waals surface area contributed by atoms with Gasteiger partial charge in [-0.1, -0.05) is 432 Å². The summed E-state index contributed by atoms with van der Waals surface area (Å²) in [4.78, 5) is 0. The minimum absolute atomic E-state index is 0.727. The lowest BCUT2D eigenvalue weighted by atomic mass is 10.0. The van der Waals surface area contributed by atoms with E-state index in [9.17, 15) is 0 Å². The summed E-state index contributed by atoms with van der Waals surface area (Å²) in [5.41, 5.74) is 0. The molecule has 0 atom stereocenters. The average molecular weight is 1280 g/mol. The normalized spacial score (nSPS) is 11.6. The molecular formula is C80H158O6P2. The summed E-state index contributed by atoms with van der Waals surface area (Å²) in [6.07, 6.45) is 88.1. The zero-order valence-corrected chi connectivity index (χ0v) is 62.3. The van der Waals surface area contributed by atoms with Crippen molar-refractivity contribution in [3.63, 3.8) is 0 Å². The van der Waals surface area contributed by atoms with Crippen molar-refractivity contribution in [2.45, 2.75) is 446 Å². The molecule has 0 aliphatic heterocycles. The van der Waals surface area contributed by atoms with Gasteiger partial charge in [-0.05, 0) is 44.2 Å². The standard InChI is InChI=1S/C54H111O3P.C26H47O3P/c1-4-7-10-13-16-19-22-25-28-31-34-37-40-43-46-49-52-55-58(56-53-50-47-44-41-38-35-32-29-26-23-20-17-14-11-8-5-2)57-54-51-48-45-42-39-36-33-30-27-24-21-18-15-12-9-6-3;1-3-5-7-9-11-13-15-20-24-27-30(29-26-22-18-17-19-23-26)28-25-21-16-14-12-10-8-6-4-2/h4-54H2,1-3H3;17-19,22-23H,3-16,20-21,24-25H2,1-2H3. The molecule has 1 rings (SSSR count). The summed E-state index contributed by atoms with van der Waals surface area (Å²) in [6, 6.07) is 9.90. The molecule has 0 heterocycles. The summed E-state index contributed by atoms with van der Waals surface area (Å²) < 4.78 is 36.7. The second-order valence-corrected chi connectivity index (χ2v) is 29.2. The van der Waals surface area contributed by atoms with Crippen LogP contribution in [0.4, 0.5) is 0 Å². The molecule has 1 aromatic rings. The van der Waals surface area contributed by atoms with Crippen LogP contribution in [0.1, 0.15) is 446 Å². The summed E-state index contributed by atoms with van der Waals surface area (Å²) in [5, 5.41) is 0. The van der Waals surface area contributed by atoms with Gasteiger partial charge >= 0.3 is 17.2 Å². The predicted octanol–water partition coefficient (Wildman–Crippen LogP) is 30.7. The van der Waals surface area contributed by atoms with Crippen LogP contribution in [0, 0.1) is 0 Å². The molecule has 0 aromatic heterocycles. The van der Waals surface area contributed by atoms with Gasteiger partial charge in [0.05, 0.1) is 33.0 Å². The molecule has 0 aliphatic rings. The Morgan fingerprint density at radius 1 is 0.182 bits per heavy atom. The van der Waals surface area contributed by atoms with Gasteiger partial charge < -0.3 is 27.1 Å². The first-order valence-electron chi connectivity index (χ1n) is 40.2. The van der Waals surface area contributed by atoms with Crippen molar-refractivity contribution in [3.8, 4) is 5.75 Å². The van der Waals surface area contributed by atoms with Crippen molar-refractivity contribution in [2.75, 3.05) is 33.0 Å². The predicted molar refractivity (Wildman–Crippen MR) is 395 cm³/mol. The van der Waals surface area contributed by atoms with Crippen molar-refractivity contribution in [1.82, 2.24) is 0 Å². The maximum Gasteiger partial charge on any atom is 0.397 e. The molecule has 6 nitrogen and oxygen atoms in total. The molecule has 524 valence electrons. The Kier molecular flexibility index (Phi) is 80.6. The first-order valence-corrected chi connectivity index (χ1v) is 42.4. The largest absolute Gasteiger partial charge is 0.427 e. The van der Waals surface area contributed by atoms with Crippen LogP contribution in [0.15, 0.2) is 30.3 Å². The fraction of sp³-hybridized carbons (Fsp3) is 0.925. The zero-order valence-electron chi connectivity index (χ0n) is 60.5. The van der Waals surface area contributed by atoms with Crippen LogP contribution < -0.4 is 4.52 Å². The number of hydrogen-bond donors (Lipinski definition) is 0. The van der Waals surface area contributed by atoms with E-state index in [2.05, 4.69) is 34.6 Å². The van der Waals surface area contributed by atoms with Gasteiger partial charge in [-0.3, -0.25) is 0 Å². The van der Waals surface area contributed by atoms with Crippen molar-refractivity contribution >= 4 is 17.2 Å². The summed E-state index contributed by atoms with van der Waals surface area (Å²) in [5.74, 6) is 0.829. The molecule has 0 fully saturated rings. The molecule has 0 saturated heterocycles. The SMILES string of the molecule is CCCCCCCCCCCCCCCCCCOP(OCCCCCCCCCCCCCCCCCC)OCCCCCCCCCCCCCCCCCC.CCCCCCCCCCOP(OCCCCCCCCCC)Oc1ccccc1. The van der Waals surface area contributed by atoms with E-state index < -0.39 is 17.2 Å². The number of benzene rings is 1. The highest BCUT2D eigenvalue weighted by atomic mass is 31.2. The van der Waals surface area contributed by atoms with E-state index in [1.54, 1.807) is 0 Å². The van der Waals surface area contributed by atoms with Crippen LogP contribution in [-0.4, -0.2) is 33.0 Å². The quantitative estimate of drug-likeness (QED) is 0.0479. The Bertz CT molecular complexity index is 1230. The smallest absolute Gasteiger partial charge is 0.397 e. The fourth-order valence-corrected chi connectivity index (χ4v) is 14.0. The summed E-state index contributed by atoms with van der Waals surface area (Å²) in [7, 11) is -2.49. The van der Waals surface area contributed by atoms with Gasteiger partial charge in [0.25, 0.3) is 0 Å². The minimum atomic E-state index is -1.30. The minimum Gasteiger partial charge on any atom is -0.427 e. The van der Waals surface area contributed by atoms with Crippen molar-refractivity contribution in [3.05, 3.63) is 30.3 Å².